The summed E-state index contributed by atoms with van der Waals surface area (Å²) in [5.41, 5.74) is 1.11. The van der Waals surface area contributed by atoms with Gasteiger partial charge < -0.3 is 29.2 Å². The molecule has 0 amide bonds. The van der Waals surface area contributed by atoms with Crippen LogP contribution >= 0.6 is 0 Å². The third kappa shape index (κ3) is 8.35. The van der Waals surface area contributed by atoms with Gasteiger partial charge in [-0.15, -0.1) is 0 Å². The standard InChI is InChI=1S/C20H30O8/c1-3-25-11-13-27-9-7-15-16(8-10-28-14-12-26-4-2)18(20(23)24)6-5-17(15)19(21)22/h5-6H,3-4,7-14H2,1-2H3,(H,21,22)(H,23,24). The van der Waals surface area contributed by atoms with Gasteiger partial charge in [-0.2, -0.15) is 0 Å². The summed E-state index contributed by atoms with van der Waals surface area (Å²) in [6.07, 6.45) is 0.590. The first-order valence-corrected chi connectivity index (χ1v) is 9.45. The van der Waals surface area contributed by atoms with E-state index in [2.05, 4.69) is 0 Å². The lowest BCUT2D eigenvalue weighted by Crippen LogP contribution is -2.16. The van der Waals surface area contributed by atoms with E-state index in [0.29, 0.717) is 63.6 Å². The predicted octanol–water partition coefficient (Wildman–Crippen LogP) is 2.27. The summed E-state index contributed by atoms with van der Waals surface area (Å²) >= 11 is 0. The molecule has 28 heavy (non-hydrogen) atoms. The summed E-state index contributed by atoms with van der Waals surface area (Å²) < 4.78 is 21.4. The third-order valence-corrected chi connectivity index (χ3v) is 4.04. The van der Waals surface area contributed by atoms with Gasteiger partial charge in [-0.05, 0) is 49.9 Å². The van der Waals surface area contributed by atoms with E-state index in [-0.39, 0.29) is 24.3 Å². The molecule has 0 saturated heterocycles. The number of carbonyl (C=O) groups is 2. The molecule has 0 atom stereocenters. The van der Waals surface area contributed by atoms with Crippen molar-refractivity contribution in [2.75, 3.05) is 52.9 Å². The molecule has 0 bridgehead atoms. The Morgan fingerprint density at radius 1 is 0.679 bits per heavy atom. The van der Waals surface area contributed by atoms with Crippen molar-refractivity contribution in [1.82, 2.24) is 0 Å². The van der Waals surface area contributed by atoms with Crippen molar-refractivity contribution < 1.29 is 38.7 Å². The Bertz CT molecular complexity index is 561. The average molecular weight is 398 g/mol. The molecule has 0 spiro atoms. The molecular weight excluding hydrogens is 368 g/mol. The number of rotatable bonds is 16. The second-order valence-corrected chi connectivity index (χ2v) is 5.85. The number of carboxylic acid groups (broad SMARTS) is 2. The van der Waals surface area contributed by atoms with Crippen molar-refractivity contribution in [3.05, 3.63) is 34.4 Å². The summed E-state index contributed by atoms with van der Waals surface area (Å²) in [6, 6.07) is 2.67. The van der Waals surface area contributed by atoms with Crippen LogP contribution in [0.1, 0.15) is 45.7 Å². The summed E-state index contributed by atoms with van der Waals surface area (Å²) in [5, 5.41) is 19.0. The number of hydrogen-bond donors (Lipinski definition) is 2. The molecule has 0 aliphatic rings. The van der Waals surface area contributed by atoms with E-state index in [1.54, 1.807) is 0 Å². The predicted molar refractivity (Wildman–Crippen MR) is 102 cm³/mol. The Kier molecular flexibility index (Phi) is 12.1. The SMILES string of the molecule is CCOCCOCCc1c(C(=O)O)ccc(C(=O)O)c1CCOCCOCC. The Hall–Kier alpha value is -2.00. The van der Waals surface area contributed by atoms with Crippen molar-refractivity contribution in [1.29, 1.82) is 0 Å². The van der Waals surface area contributed by atoms with Crippen LogP contribution < -0.4 is 0 Å². The Balaban J connectivity index is 2.88. The second kappa shape index (κ2) is 14.1. The number of benzene rings is 1. The van der Waals surface area contributed by atoms with E-state index in [1.165, 1.54) is 12.1 Å². The molecule has 0 aliphatic carbocycles. The fourth-order valence-corrected chi connectivity index (χ4v) is 2.74. The highest BCUT2D eigenvalue weighted by Gasteiger charge is 2.20. The zero-order valence-corrected chi connectivity index (χ0v) is 16.6. The number of ether oxygens (including phenoxy) is 4. The van der Waals surface area contributed by atoms with Gasteiger partial charge in [-0.3, -0.25) is 0 Å². The first-order valence-electron chi connectivity index (χ1n) is 9.45. The fourth-order valence-electron chi connectivity index (χ4n) is 2.74. The maximum absolute atomic E-state index is 11.6. The van der Waals surface area contributed by atoms with E-state index < -0.39 is 11.9 Å². The van der Waals surface area contributed by atoms with Crippen LogP contribution in [0.25, 0.3) is 0 Å². The molecule has 158 valence electrons. The number of hydrogen-bond acceptors (Lipinski definition) is 6. The number of carboxylic acids is 2. The molecule has 0 fully saturated rings. The van der Waals surface area contributed by atoms with E-state index in [0.717, 1.165) is 0 Å². The molecule has 0 heterocycles. The summed E-state index contributed by atoms with van der Waals surface area (Å²) in [7, 11) is 0. The highest BCUT2D eigenvalue weighted by atomic mass is 16.5. The minimum absolute atomic E-state index is 0.0859. The lowest BCUT2D eigenvalue weighted by atomic mass is 9.92. The molecule has 8 nitrogen and oxygen atoms in total. The molecule has 0 aromatic heterocycles. The van der Waals surface area contributed by atoms with Crippen LogP contribution in [0.2, 0.25) is 0 Å². The highest BCUT2D eigenvalue weighted by Crippen LogP contribution is 2.22. The van der Waals surface area contributed by atoms with Crippen LogP contribution in [0.5, 0.6) is 0 Å². The molecule has 0 saturated carbocycles. The molecule has 1 aromatic carbocycles. The Morgan fingerprint density at radius 2 is 1.04 bits per heavy atom. The molecule has 0 radical (unpaired) electrons. The monoisotopic (exact) mass is 398 g/mol. The minimum atomic E-state index is -1.10. The topological polar surface area (TPSA) is 112 Å². The lowest BCUT2D eigenvalue weighted by molar-refractivity contribution is 0.0523. The van der Waals surface area contributed by atoms with Crippen LogP contribution in [0.3, 0.4) is 0 Å². The molecule has 0 aliphatic heterocycles. The molecule has 0 unspecified atom stereocenters. The van der Waals surface area contributed by atoms with E-state index in [1.807, 2.05) is 13.8 Å². The molecule has 1 rings (SSSR count). The van der Waals surface area contributed by atoms with Crippen LogP contribution in [-0.2, 0) is 31.8 Å². The van der Waals surface area contributed by atoms with E-state index >= 15 is 0 Å². The van der Waals surface area contributed by atoms with Crippen LogP contribution in [0.15, 0.2) is 12.1 Å². The van der Waals surface area contributed by atoms with Gasteiger partial charge in [0.05, 0.1) is 50.8 Å². The van der Waals surface area contributed by atoms with Crippen molar-refractivity contribution in [3.63, 3.8) is 0 Å². The van der Waals surface area contributed by atoms with Gasteiger partial charge in [0, 0.05) is 13.2 Å². The lowest BCUT2D eigenvalue weighted by Gasteiger charge is -2.16. The maximum atomic E-state index is 11.6. The maximum Gasteiger partial charge on any atom is 0.335 e. The van der Waals surface area contributed by atoms with E-state index in [4.69, 9.17) is 18.9 Å². The van der Waals surface area contributed by atoms with Gasteiger partial charge in [0.15, 0.2) is 0 Å². The summed E-state index contributed by atoms with van der Waals surface area (Å²) in [4.78, 5) is 23.2. The zero-order valence-electron chi connectivity index (χ0n) is 16.6. The van der Waals surface area contributed by atoms with Crippen LogP contribution in [0, 0.1) is 0 Å². The average Bonchev–Trinajstić information content (AvgIpc) is 2.67. The second-order valence-electron chi connectivity index (χ2n) is 5.85. The van der Waals surface area contributed by atoms with Gasteiger partial charge in [0.25, 0.3) is 0 Å². The van der Waals surface area contributed by atoms with Crippen molar-refractivity contribution in [2.45, 2.75) is 26.7 Å². The smallest absolute Gasteiger partial charge is 0.335 e. The molecule has 1 aromatic rings. The van der Waals surface area contributed by atoms with E-state index in [9.17, 15) is 19.8 Å². The first kappa shape index (κ1) is 24.0. The van der Waals surface area contributed by atoms with Gasteiger partial charge >= 0.3 is 11.9 Å². The van der Waals surface area contributed by atoms with Crippen molar-refractivity contribution in [3.8, 4) is 0 Å². The van der Waals surface area contributed by atoms with Crippen LogP contribution in [0.4, 0.5) is 0 Å². The first-order chi connectivity index (χ1) is 13.5. The zero-order chi connectivity index (χ0) is 20.8. The molecule has 2 N–H and O–H groups in total. The fraction of sp³-hybridized carbons (Fsp3) is 0.600. The van der Waals surface area contributed by atoms with Crippen molar-refractivity contribution >= 4 is 11.9 Å². The quantitative estimate of drug-likeness (QED) is 0.408. The Morgan fingerprint density at radius 3 is 1.36 bits per heavy atom. The van der Waals surface area contributed by atoms with Gasteiger partial charge in [0.2, 0.25) is 0 Å². The van der Waals surface area contributed by atoms with Gasteiger partial charge in [0.1, 0.15) is 0 Å². The van der Waals surface area contributed by atoms with Gasteiger partial charge in [-0.25, -0.2) is 9.59 Å². The molecular formula is C20H30O8. The minimum Gasteiger partial charge on any atom is -0.478 e. The summed E-state index contributed by atoms with van der Waals surface area (Å²) in [5.74, 6) is -2.19. The van der Waals surface area contributed by atoms with Crippen LogP contribution in [-0.4, -0.2) is 75.0 Å². The van der Waals surface area contributed by atoms with Gasteiger partial charge in [-0.1, -0.05) is 0 Å². The highest BCUT2D eigenvalue weighted by molar-refractivity contribution is 5.95. The largest absolute Gasteiger partial charge is 0.478 e. The number of aromatic carboxylic acids is 2. The van der Waals surface area contributed by atoms with Crippen molar-refractivity contribution in [2.24, 2.45) is 0 Å². The molecule has 8 heteroatoms. The third-order valence-electron chi connectivity index (χ3n) is 4.04. The summed E-state index contributed by atoms with van der Waals surface area (Å²) in [6.45, 7) is 7.22. The Labute approximate surface area is 165 Å². The normalized spacial score (nSPS) is 10.9.